The molecule has 2 saturated heterocycles. The Morgan fingerprint density at radius 1 is 0.865 bits per heavy atom. The fourth-order valence-electron chi connectivity index (χ4n) is 5.50. The number of carbonyl (C=O) groups is 2. The van der Waals surface area contributed by atoms with Gasteiger partial charge in [0.05, 0.1) is 27.2 Å². The molecule has 192 valence electrons. The van der Waals surface area contributed by atoms with E-state index in [0.717, 1.165) is 31.6 Å². The van der Waals surface area contributed by atoms with Crippen LogP contribution in [0.25, 0.3) is 0 Å². The molecular weight excluding hydrogens is 512 g/mol. The average Bonchev–Trinajstić information content (AvgIpc) is 3.46. The minimum absolute atomic E-state index is 0.0408. The van der Waals surface area contributed by atoms with Crippen LogP contribution in [0.5, 0.6) is 0 Å². The largest absolute Gasteiger partial charge is 0.345 e. The van der Waals surface area contributed by atoms with Gasteiger partial charge in [-0.1, -0.05) is 71.7 Å². The van der Waals surface area contributed by atoms with Crippen LogP contribution in [0.4, 0.5) is 4.39 Å². The van der Waals surface area contributed by atoms with Crippen molar-refractivity contribution < 1.29 is 14.0 Å². The van der Waals surface area contributed by atoms with E-state index in [1.807, 2.05) is 30.3 Å². The maximum atomic E-state index is 14.3. The number of benzene rings is 3. The molecule has 0 bridgehead atoms. The van der Waals surface area contributed by atoms with Crippen molar-refractivity contribution >= 4 is 35.0 Å². The normalized spacial score (nSPS) is 20.0. The van der Waals surface area contributed by atoms with Gasteiger partial charge in [-0.25, -0.2) is 4.39 Å². The van der Waals surface area contributed by atoms with Crippen molar-refractivity contribution in [2.75, 3.05) is 32.7 Å². The van der Waals surface area contributed by atoms with Gasteiger partial charge in [0.1, 0.15) is 5.82 Å². The van der Waals surface area contributed by atoms with E-state index in [-0.39, 0.29) is 28.4 Å². The minimum atomic E-state index is -0.582. The predicted molar refractivity (Wildman–Crippen MR) is 143 cm³/mol. The van der Waals surface area contributed by atoms with Gasteiger partial charge in [-0.2, -0.15) is 0 Å². The number of rotatable bonds is 7. The van der Waals surface area contributed by atoms with Crippen molar-refractivity contribution in [2.24, 2.45) is 11.8 Å². The molecule has 0 spiro atoms. The van der Waals surface area contributed by atoms with Gasteiger partial charge in [-0.3, -0.25) is 9.59 Å². The van der Waals surface area contributed by atoms with Crippen molar-refractivity contribution in [3.63, 3.8) is 0 Å². The summed E-state index contributed by atoms with van der Waals surface area (Å²) in [5.74, 6) is -0.444. The van der Waals surface area contributed by atoms with Gasteiger partial charge in [-0.15, -0.1) is 0 Å². The molecule has 2 fully saturated rings. The summed E-state index contributed by atoms with van der Waals surface area (Å²) in [6.45, 7) is 3.72. The third-order valence-corrected chi connectivity index (χ3v) is 8.03. The molecular formula is C29H28Cl2FN3O2. The second-order valence-electron chi connectivity index (χ2n) is 9.79. The number of nitrogens with zero attached hydrogens (tertiary/aromatic N) is 2. The molecule has 8 heteroatoms. The maximum Gasteiger partial charge on any atom is 0.258 e. The third-order valence-electron chi connectivity index (χ3n) is 7.39. The molecule has 2 heterocycles. The molecule has 2 aliphatic heterocycles. The highest BCUT2D eigenvalue weighted by Crippen LogP contribution is 2.34. The smallest absolute Gasteiger partial charge is 0.258 e. The van der Waals surface area contributed by atoms with E-state index in [1.165, 1.54) is 12.1 Å². The highest BCUT2D eigenvalue weighted by Gasteiger charge is 2.42. The molecule has 0 saturated carbocycles. The van der Waals surface area contributed by atoms with E-state index < -0.39 is 5.82 Å². The number of amides is 2. The minimum Gasteiger partial charge on any atom is -0.345 e. The lowest BCUT2D eigenvalue weighted by molar-refractivity contribution is 0.0769. The molecule has 2 aliphatic rings. The van der Waals surface area contributed by atoms with Crippen molar-refractivity contribution in [2.45, 2.75) is 12.5 Å². The summed E-state index contributed by atoms with van der Waals surface area (Å²) in [4.78, 5) is 30.1. The van der Waals surface area contributed by atoms with Crippen LogP contribution in [-0.4, -0.2) is 54.3 Å². The van der Waals surface area contributed by atoms with Gasteiger partial charge in [0.2, 0.25) is 0 Å². The summed E-state index contributed by atoms with van der Waals surface area (Å²) in [5, 5.41) is 3.74. The number of fused-ring (bicyclic) bond motifs is 1. The van der Waals surface area contributed by atoms with Crippen molar-refractivity contribution in [3.05, 3.63) is 105 Å². The number of hydrogen-bond acceptors (Lipinski definition) is 3. The van der Waals surface area contributed by atoms with E-state index in [2.05, 4.69) is 10.2 Å². The van der Waals surface area contributed by atoms with Gasteiger partial charge in [0.15, 0.2) is 0 Å². The van der Waals surface area contributed by atoms with Crippen LogP contribution in [0.3, 0.4) is 0 Å². The summed E-state index contributed by atoms with van der Waals surface area (Å²) in [7, 11) is 0. The van der Waals surface area contributed by atoms with E-state index in [0.29, 0.717) is 35.5 Å². The standard InChI is InChI=1S/C29H28Cl2FN3O2/c30-23-10-5-4-9-22(23)28(36)33-26(19-7-2-1-3-8-19)13-14-34-15-20-17-35(18-21(20)16-34)29(37)27-24(31)11-6-12-25(27)32/h1-12,20-21,26H,13-18H2,(H,33,36). The van der Waals surface area contributed by atoms with Gasteiger partial charge < -0.3 is 15.1 Å². The number of carbonyl (C=O) groups excluding carboxylic acids is 2. The summed E-state index contributed by atoms with van der Waals surface area (Å²) in [6, 6.07) is 21.1. The first kappa shape index (κ1) is 25.7. The first-order valence-electron chi connectivity index (χ1n) is 12.5. The molecule has 0 radical (unpaired) electrons. The zero-order valence-electron chi connectivity index (χ0n) is 20.2. The Hall–Kier alpha value is -2.93. The Kier molecular flexibility index (Phi) is 7.79. The molecule has 37 heavy (non-hydrogen) atoms. The summed E-state index contributed by atoms with van der Waals surface area (Å²) >= 11 is 12.4. The first-order chi connectivity index (χ1) is 17.9. The molecule has 0 aromatic heterocycles. The fourth-order valence-corrected chi connectivity index (χ4v) is 5.96. The van der Waals surface area contributed by atoms with Crippen LogP contribution >= 0.6 is 23.2 Å². The van der Waals surface area contributed by atoms with E-state index in [1.54, 1.807) is 35.2 Å². The lowest BCUT2D eigenvalue weighted by Crippen LogP contribution is -2.35. The van der Waals surface area contributed by atoms with E-state index in [9.17, 15) is 14.0 Å². The van der Waals surface area contributed by atoms with Crippen molar-refractivity contribution in [3.8, 4) is 0 Å². The summed E-state index contributed by atoms with van der Waals surface area (Å²) in [6.07, 6.45) is 0.743. The van der Waals surface area contributed by atoms with Gasteiger partial charge >= 0.3 is 0 Å². The second kappa shape index (κ2) is 11.2. The second-order valence-corrected chi connectivity index (χ2v) is 10.6. The molecule has 1 N–H and O–H groups in total. The molecule has 0 aliphatic carbocycles. The molecule has 3 unspecified atom stereocenters. The first-order valence-corrected chi connectivity index (χ1v) is 13.2. The van der Waals surface area contributed by atoms with Gasteiger partial charge in [-0.05, 0) is 48.1 Å². The van der Waals surface area contributed by atoms with E-state index >= 15 is 0 Å². The number of nitrogens with one attached hydrogen (secondary N) is 1. The molecule has 2 amide bonds. The Morgan fingerprint density at radius 2 is 1.51 bits per heavy atom. The van der Waals surface area contributed by atoms with Crippen LogP contribution in [0.15, 0.2) is 72.8 Å². The Labute approximate surface area is 226 Å². The summed E-state index contributed by atoms with van der Waals surface area (Å²) < 4.78 is 14.3. The molecule has 5 nitrogen and oxygen atoms in total. The Balaban J connectivity index is 1.20. The van der Waals surface area contributed by atoms with Crippen LogP contribution in [0.1, 0.15) is 38.7 Å². The number of halogens is 3. The van der Waals surface area contributed by atoms with Crippen LogP contribution in [-0.2, 0) is 0 Å². The molecule has 5 rings (SSSR count). The zero-order chi connectivity index (χ0) is 25.9. The van der Waals surface area contributed by atoms with Crippen LogP contribution in [0, 0.1) is 17.7 Å². The lowest BCUT2D eigenvalue weighted by atomic mass is 10.0. The SMILES string of the molecule is O=C(NC(CCN1CC2CN(C(=O)c3c(F)cccc3Cl)CC2C1)c1ccccc1)c1ccccc1Cl. The van der Waals surface area contributed by atoms with Crippen LogP contribution in [0.2, 0.25) is 10.0 Å². The quantitative estimate of drug-likeness (QED) is 0.419. The number of likely N-dealkylation sites (tertiary alicyclic amines) is 2. The number of hydrogen-bond donors (Lipinski definition) is 1. The van der Waals surface area contributed by atoms with Gasteiger partial charge in [0.25, 0.3) is 11.8 Å². The monoisotopic (exact) mass is 539 g/mol. The van der Waals surface area contributed by atoms with Crippen molar-refractivity contribution in [1.82, 2.24) is 15.1 Å². The third kappa shape index (κ3) is 5.66. The van der Waals surface area contributed by atoms with Gasteiger partial charge in [0, 0.05) is 32.7 Å². The maximum absolute atomic E-state index is 14.3. The Bertz CT molecular complexity index is 1250. The highest BCUT2D eigenvalue weighted by molar-refractivity contribution is 6.34. The van der Waals surface area contributed by atoms with Crippen LogP contribution < -0.4 is 5.32 Å². The average molecular weight is 540 g/mol. The fraction of sp³-hybridized carbons (Fsp3) is 0.310. The zero-order valence-corrected chi connectivity index (χ0v) is 21.8. The Morgan fingerprint density at radius 3 is 2.19 bits per heavy atom. The molecule has 3 atom stereocenters. The molecule has 3 aromatic rings. The van der Waals surface area contributed by atoms with E-state index in [4.69, 9.17) is 23.2 Å². The lowest BCUT2D eigenvalue weighted by Gasteiger charge is -2.25. The topological polar surface area (TPSA) is 52.7 Å². The van der Waals surface area contributed by atoms with Crippen molar-refractivity contribution in [1.29, 1.82) is 0 Å². The molecule has 3 aromatic carbocycles. The highest BCUT2D eigenvalue weighted by atomic mass is 35.5. The summed E-state index contributed by atoms with van der Waals surface area (Å²) in [5.41, 5.74) is 1.46. The predicted octanol–water partition coefficient (Wildman–Crippen LogP) is 5.70.